The lowest BCUT2D eigenvalue weighted by atomic mass is 9.88. The van der Waals surface area contributed by atoms with Gasteiger partial charge in [0, 0.05) is 24.5 Å². The molecule has 2 aliphatic rings. The number of methoxy groups -OCH3 is 3. The minimum atomic E-state index is -0.0139. The van der Waals surface area contributed by atoms with E-state index in [1.807, 2.05) is 18.2 Å². The van der Waals surface area contributed by atoms with Gasteiger partial charge < -0.3 is 29.0 Å². The number of carbonyl (C=O) groups is 1. The predicted molar refractivity (Wildman–Crippen MR) is 105 cm³/mol. The summed E-state index contributed by atoms with van der Waals surface area (Å²) in [5, 5.41) is 2.20. The van der Waals surface area contributed by atoms with Crippen LogP contribution in [-0.4, -0.2) is 40.5 Å². The largest absolute Gasteiger partial charge is 0.497 e. The molecule has 0 fully saturated rings. The van der Waals surface area contributed by atoms with E-state index < -0.39 is 0 Å². The van der Waals surface area contributed by atoms with Crippen molar-refractivity contribution in [2.45, 2.75) is 25.3 Å². The van der Waals surface area contributed by atoms with Crippen LogP contribution in [0.1, 0.15) is 29.2 Å². The van der Waals surface area contributed by atoms with Crippen LogP contribution >= 0.6 is 0 Å². The maximum absolute atomic E-state index is 12.9. The molecule has 0 saturated carbocycles. The molecule has 7 nitrogen and oxygen atoms in total. The van der Waals surface area contributed by atoms with E-state index >= 15 is 0 Å². The first-order valence-corrected chi connectivity index (χ1v) is 9.69. The summed E-state index contributed by atoms with van der Waals surface area (Å²) in [5.41, 5.74) is 3.05. The second-order valence-electron chi connectivity index (χ2n) is 7.19. The van der Waals surface area contributed by atoms with Crippen LogP contribution in [0.3, 0.4) is 0 Å². The van der Waals surface area contributed by atoms with Gasteiger partial charge in [0.1, 0.15) is 23.3 Å². The van der Waals surface area contributed by atoms with Crippen molar-refractivity contribution in [2.75, 3.05) is 34.7 Å². The lowest BCUT2D eigenvalue weighted by molar-refractivity contribution is -0.698. The van der Waals surface area contributed by atoms with Crippen molar-refractivity contribution in [3.8, 4) is 28.7 Å². The normalized spacial score (nSPS) is 16.9. The topological polar surface area (TPSA) is 79.8 Å². The maximum atomic E-state index is 12.9. The Morgan fingerprint density at radius 1 is 1.14 bits per heavy atom. The third-order valence-corrected chi connectivity index (χ3v) is 5.51. The summed E-state index contributed by atoms with van der Waals surface area (Å²) in [6, 6.07) is 7.54. The number of Topliss-reactive ketones (excluding diaryl/α,β-unsaturated/α-hetero) is 1. The van der Waals surface area contributed by atoms with Crippen molar-refractivity contribution in [1.82, 2.24) is 0 Å². The highest BCUT2D eigenvalue weighted by atomic mass is 16.7. The van der Waals surface area contributed by atoms with Crippen molar-refractivity contribution in [2.24, 2.45) is 0 Å². The number of ether oxygens (including phenoxy) is 5. The molecule has 1 unspecified atom stereocenters. The van der Waals surface area contributed by atoms with Gasteiger partial charge in [-0.15, -0.1) is 0 Å². The Labute approximate surface area is 169 Å². The fraction of sp³-hybridized carbons (Fsp3) is 0.409. The van der Waals surface area contributed by atoms with Crippen LogP contribution in [0, 0.1) is 0 Å². The third kappa shape index (κ3) is 3.70. The smallest absolute Gasteiger partial charge is 0.231 e. The average Bonchev–Trinajstić information content (AvgIpc) is 3.20. The van der Waals surface area contributed by atoms with Gasteiger partial charge in [0.15, 0.2) is 11.5 Å². The van der Waals surface area contributed by atoms with Gasteiger partial charge >= 0.3 is 0 Å². The average molecular weight is 400 g/mol. The lowest BCUT2D eigenvalue weighted by Crippen LogP contribution is -2.87. The monoisotopic (exact) mass is 400 g/mol. The van der Waals surface area contributed by atoms with Gasteiger partial charge in [0.25, 0.3) is 0 Å². The minimum absolute atomic E-state index is 0.0139. The Bertz CT molecular complexity index is 926. The lowest BCUT2D eigenvalue weighted by Gasteiger charge is -2.26. The minimum Gasteiger partial charge on any atom is -0.497 e. The van der Waals surface area contributed by atoms with Gasteiger partial charge in [0.2, 0.25) is 12.5 Å². The van der Waals surface area contributed by atoms with Gasteiger partial charge in [-0.05, 0) is 17.7 Å². The van der Waals surface area contributed by atoms with Crippen LogP contribution in [0.2, 0.25) is 0 Å². The molecule has 29 heavy (non-hydrogen) atoms. The Morgan fingerprint density at radius 2 is 2.00 bits per heavy atom. The summed E-state index contributed by atoms with van der Waals surface area (Å²) in [6.45, 7) is 1.11. The highest BCUT2D eigenvalue weighted by molar-refractivity contribution is 5.82. The highest BCUT2D eigenvalue weighted by Gasteiger charge is 2.34. The van der Waals surface area contributed by atoms with Crippen molar-refractivity contribution in [3.05, 3.63) is 41.0 Å². The Hall–Kier alpha value is -2.93. The molecule has 0 aliphatic carbocycles. The zero-order valence-electron chi connectivity index (χ0n) is 16.9. The molecule has 154 valence electrons. The highest BCUT2D eigenvalue weighted by Crippen LogP contribution is 2.47. The summed E-state index contributed by atoms with van der Waals surface area (Å²) in [4.78, 5) is 12.9. The van der Waals surface area contributed by atoms with Crippen molar-refractivity contribution >= 4 is 5.78 Å². The first-order chi connectivity index (χ1) is 14.1. The molecule has 0 aromatic heterocycles. The van der Waals surface area contributed by atoms with E-state index in [1.54, 1.807) is 27.4 Å². The van der Waals surface area contributed by atoms with Crippen LogP contribution < -0.4 is 29.0 Å². The number of fused-ring (bicyclic) bond motifs is 2. The van der Waals surface area contributed by atoms with E-state index in [9.17, 15) is 4.79 Å². The van der Waals surface area contributed by atoms with Crippen molar-refractivity contribution in [1.29, 1.82) is 0 Å². The maximum Gasteiger partial charge on any atom is 0.231 e. The van der Waals surface area contributed by atoms with Gasteiger partial charge in [-0.3, -0.25) is 4.79 Å². The van der Waals surface area contributed by atoms with E-state index in [4.69, 9.17) is 23.7 Å². The molecule has 2 aromatic carbocycles. The zero-order valence-corrected chi connectivity index (χ0v) is 16.9. The molecule has 1 atom stereocenters. The second kappa shape index (κ2) is 8.21. The van der Waals surface area contributed by atoms with Gasteiger partial charge in [0.05, 0.1) is 39.9 Å². The summed E-state index contributed by atoms with van der Waals surface area (Å²) in [5.74, 6) is 3.54. The number of ketones is 1. The molecule has 2 aromatic rings. The van der Waals surface area contributed by atoms with Crippen LogP contribution in [0.25, 0.3) is 0 Å². The van der Waals surface area contributed by atoms with E-state index in [0.29, 0.717) is 35.8 Å². The van der Waals surface area contributed by atoms with E-state index in [2.05, 4.69) is 5.32 Å². The van der Waals surface area contributed by atoms with E-state index in [1.165, 1.54) is 0 Å². The second-order valence-corrected chi connectivity index (χ2v) is 7.19. The van der Waals surface area contributed by atoms with Crippen molar-refractivity contribution in [3.63, 3.8) is 0 Å². The molecule has 0 spiro atoms. The summed E-state index contributed by atoms with van der Waals surface area (Å²) in [6.07, 6.45) is 1.61. The van der Waals surface area contributed by atoms with Crippen LogP contribution in [-0.2, 0) is 17.6 Å². The zero-order chi connectivity index (χ0) is 20.4. The van der Waals surface area contributed by atoms with Crippen molar-refractivity contribution < 1.29 is 33.8 Å². The third-order valence-electron chi connectivity index (χ3n) is 5.51. The summed E-state index contributed by atoms with van der Waals surface area (Å²) < 4.78 is 27.5. The number of hydrogen-bond acceptors (Lipinski definition) is 6. The number of nitrogens with two attached hydrogens (primary N) is 1. The molecule has 2 aliphatic heterocycles. The summed E-state index contributed by atoms with van der Waals surface area (Å²) >= 11 is 0. The first kappa shape index (κ1) is 19.4. The number of quaternary nitrogens is 1. The fourth-order valence-corrected chi connectivity index (χ4v) is 4.16. The standard InChI is InChI=1S/C22H25NO6/c1-25-16-5-4-13(18(11-16)26-2)8-15(24)10-17-20-14(6-7-23-17)9-19-21(22(20)27-3)29-12-28-19/h4-5,9,11,17,23H,6-8,10,12H2,1-3H3/p+1. The van der Waals surface area contributed by atoms with Crippen LogP contribution in [0.5, 0.6) is 28.7 Å². The van der Waals surface area contributed by atoms with Crippen LogP contribution in [0.15, 0.2) is 24.3 Å². The molecular formula is C22H26NO6+. The molecule has 4 rings (SSSR count). The first-order valence-electron chi connectivity index (χ1n) is 9.69. The molecule has 7 heteroatoms. The molecule has 0 radical (unpaired) electrons. The Balaban J connectivity index is 1.57. The molecule has 2 heterocycles. The van der Waals surface area contributed by atoms with E-state index in [0.717, 1.165) is 35.4 Å². The predicted octanol–water partition coefficient (Wildman–Crippen LogP) is 1.80. The number of benzene rings is 2. The number of rotatable bonds is 7. The Kier molecular flexibility index (Phi) is 5.49. The summed E-state index contributed by atoms with van der Waals surface area (Å²) in [7, 11) is 4.84. The molecule has 2 N–H and O–H groups in total. The van der Waals surface area contributed by atoms with Gasteiger partial charge in [-0.1, -0.05) is 6.07 Å². The van der Waals surface area contributed by atoms with Crippen LogP contribution in [0.4, 0.5) is 0 Å². The molecule has 0 amide bonds. The molecule has 0 bridgehead atoms. The van der Waals surface area contributed by atoms with E-state index in [-0.39, 0.29) is 18.6 Å². The van der Waals surface area contributed by atoms with Gasteiger partial charge in [-0.2, -0.15) is 0 Å². The quantitative estimate of drug-likeness (QED) is 0.764. The van der Waals surface area contributed by atoms with Gasteiger partial charge in [-0.25, -0.2) is 0 Å². The number of carbonyl (C=O) groups excluding carboxylic acids is 1. The molecule has 0 saturated heterocycles. The Morgan fingerprint density at radius 3 is 2.76 bits per heavy atom. The fourth-order valence-electron chi connectivity index (χ4n) is 4.16. The molecular weight excluding hydrogens is 374 g/mol. The SMILES string of the molecule is COc1ccc(CC(=O)CC2[NH2+]CCc3cc4c(c(OC)c32)OCO4)c(OC)c1. The number of hydrogen-bond donors (Lipinski definition) is 1.